The summed E-state index contributed by atoms with van der Waals surface area (Å²) in [4.78, 5) is 35.4. The number of hydrogen-bond acceptors (Lipinski definition) is 4. The molecule has 0 heterocycles. The highest BCUT2D eigenvalue weighted by atomic mass is 35.5. The maximum Gasteiger partial charge on any atom is 0.321 e. The molecular weight excluding hydrogens is 332 g/mol. The number of imide groups is 1. The molecule has 0 aromatic rings. The van der Waals surface area contributed by atoms with Gasteiger partial charge in [-0.05, 0) is 50.4 Å². The third kappa shape index (κ3) is 3.43. The van der Waals surface area contributed by atoms with Crippen molar-refractivity contribution in [1.29, 1.82) is 0 Å². The van der Waals surface area contributed by atoms with Crippen molar-refractivity contribution in [3.05, 3.63) is 12.7 Å². The first-order valence-corrected chi connectivity index (χ1v) is 8.77. The lowest BCUT2D eigenvalue weighted by Crippen LogP contribution is -2.56. The Morgan fingerprint density at radius 1 is 1.21 bits per heavy atom. The van der Waals surface area contributed by atoms with E-state index in [0.29, 0.717) is 18.3 Å². The van der Waals surface area contributed by atoms with Gasteiger partial charge >= 0.3 is 12.0 Å². The number of ether oxygens (including phenoxy) is 1. The van der Waals surface area contributed by atoms with Gasteiger partial charge in [0.25, 0.3) is 5.91 Å². The number of carbonyl (C=O) groups is 3. The first kappa shape index (κ1) is 17.3. The minimum atomic E-state index is -0.643. The van der Waals surface area contributed by atoms with Gasteiger partial charge in [0.05, 0.1) is 5.41 Å². The van der Waals surface area contributed by atoms with Crippen LogP contribution >= 0.6 is 11.6 Å². The number of carbonyl (C=O) groups excluding carboxylic acids is 3. The normalized spacial score (nSPS) is 36.0. The van der Waals surface area contributed by atoms with Crippen LogP contribution in [0.15, 0.2) is 12.7 Å². The van der Waals surface area contributed by atoms with Crippen LogP contribution in [0.5, 0.6) is 0 Å². The minimum Gasteiger partial charge on any atom is -0.455 e. The third-order valence-corrected chi connectivity index (χ3v) is 5.86. The van der Waals surface area contributed by atoms with Crippen LogP contribution in [0.1, 0.15) is 38.5 Å². The molecule has 7 heteroatoms. The van der Waals surface area contributed by atoms with Crippen LogP contribution in [-0.4, -0.2) is 35.9 Å². The first-order valence-electron chi connectivity index (χ1n) is 8.39. The van der Waals surface area contributed by atoms with Gasteiger partial charge < -0.3 is 10.1 Å². The SMILES string of the molecule is C=CCNC(=O)NC(=O)COC(=O)C12C[C@@H]3C[C@@H](CC(Cl)(C3)C1)C2. The maximum atomic E-state index is 12.6. The van der Waals surface area contributed by atoms with E-state index in [0.717, 1.165) is 32.1 Å². The summed E-state index contributed by atoms with van der Waals surface area (Å²) in [5.74, 6) is -0.0249. The van der Waals surface area contributed by atoms with E-state index in [9.17, 15) is 14.4 Å². The molecule has 24 heavy (non-hydrogen) atoms. The molecule has 0 radical (unpaired) electrons. The summed E-state index contributed by atoms with van der Waals surface area (Å²) >= 11 is 6.70. The van der Waals surface area contributed by atoms with E-state index in [1.165, 1.54) is 6.08 Å². The topological polar surface area (TPSA) is 84.5 Å². The second kappa shape index (κ2) is 6.39. The number of urea groups is 1. The average molecular weight is 355 g/mol. The Balaban J connectivity index is 1.53. The maximum absolute atomic E-state index is 12.6. The number of rotatable bonds is 5. The molecular formula is C17H23ClN2O4. The van der Waals surface area contributed by atoms with Crippen LogP contribution in [-0.2, 0) is 14.3 Å². The van der Waals surface area contributed by atoms with Gasteiger partial charge in [-0.1, -0.05) is 6.08 Å². The molecule has 4 aliphatic carbocycles. The Kier molecular flexibility index (Phi) is 4.60. The molecule has 2 unspecified atom stereocenters. The van der Waals surface area contributed by atoms with E-state index in [1.807, 2.05) is 0 Å². The van der Waals surface area contributed by atoms with E-state index >= 15 is 0 Å². The number of nitrogens with one attached hydrogen (secondary N) is 2. The van der Waals surface area contributed by atoms with Crippen molar-refractivity contribution in [1.82, 2.24) is 10.6 Å². The number of halogens is 1. The molecule has 4 rings (SSSR count). The highest BCUT2D eigenvalue weighted by molar-refractivity contribution is 6.24. The molecule has 0 saturated heterocycles. The summed E-state index contributed by atoms with van der Waals surface area (Å²) in [7, 11) is 0. The molecule has 4 atom stereocenters. The van der Waals surface area contributed by atoms with Gasteiger partial charge in [0.15, 0.2) is 6.61 Å². The summed E-state index contributed by atoms with van der Waals surface area (Å²) in [6.45, 7) is 3.26. The summed E-state index contributed by atoms with van der Waals surface area (Å²) in [6, 6.07) is -0.634. The minimum absolute atomic E-state index is 0.253. The molecule has 4 saturated carbocycles. The van der Waals surface area contributed by atoms with E-state index < -0.39 is 24.0 Å². The second-order valence-corrected chi connectivity index (χ2v) is 8.32. The fourth-order valence-electron chi connectivity index (χ4n) is 5.05. The third-order valence-electron chi connectivity index (χ3n) is 5.42. The molecule has 4 bridgehead atoms. The first-order chi connectivity index (χ1) is 11.3. The van der Waals surface area contributed by atoms with Crippen molar-refractivity contribution >= 4 is 29.5 Å². The van der Waals surface area contributed by atoms with Gasteiger partial charge in [-0.25, -0.2) is 4.79 Å². The lowest BCUT2D eigenvalue weighted by Gasteiger charge is -2.58. The number of hydrogen-bond donors (Lipinski definition) is 2. The Bertz CT molecular complexity index is 563. The van der Waals surface area contributed by atoms with Crippen LogP contribution in [0.3, 0.4) is 0 Å². The Morgan fingerprint density at radius 3 is 2.46 bits per heavy atom. The molecule has 0 aliphatic heterocycles. The monoisotopic (exact) mass is 354 g/mol. The molecule has 2 N–H and O–H groups in total. The Hall–Kier alpha value is -1.56. The van der Waals surface area contributed by atoms with Crippen LogP contribution in [0.4, 0.5) is 4.79 Å². The second-order valence-electron chi connectivity index (χ2n) is 7.52. The quantitative estimate of drug-likeness (QED) is 0.450. The molecule has 3 amide bonds. The molecule has 4 fully saturated rings. The van der Waals surface area contributed by atoms with Gasteiger partial charge in [-0.2, -0.15) is 0 Å². The van der Waals surface area contributed by atoms with Crippen molar-refractivity contribution in [2.45, 2.75) is 43.4 Å². The van der Waals surface area contributed by atoms with Gasteiger partial charge in [-0.3, -0.25) is 14.9 Å². The molecule has 0 aromatic heterocycles. The van der Waals surface area contributed by atoms with Crippen LogP contribution in [0.2, 0.25) is 0 Å². The largest absolute Gasteiger partial charge is 0.455 e. The summed E-state index contributed by atoms with van der Waals surface area (Å²) in [6.07, 6.45) is 6.84. The summed E-state index contributed by atoms with van der Waals surface area (Å²) in [5.41, 5.74) is -0.544. The average Bonchev–Trinajstić information content (AvgIpc) is 2.48. The van der Waals surface area contributed by atoms with Gasteiger partial charge in [-0.15, -0.1) is 18.2 Å². The van der Waals surface area contributed by atoms with Crippen molar-refractivity contribution in [2.24, 2.45) is 17.3 Å². The summed E-state index contributed by atoms with van der Waals surface area (Å²) in [5, 5.41) is 4.53. The molecule has 0 aromatic carbocycles. The van der Waals surface area contributed by atoms with Gasteiger partial charge in [0.1, 0.15) is 0 Å². The molecule has 4 aliphatic rings. The van der Waals surface area contributed by atoms with Crippen molar-refractivity contribution in [2.75, 3.05) is 13.2 Å². The molecule has 132 valence electrons. The van der Waals surface area contributed by atoms with Crippen LogP contribution < -0.4 is 10.6 Å². The number of esters is 1. The summed E-state index contributed by atoms with van der Waals surface area (Å²) < 4.78 is 5.23. The lowest BCUT2D eigenvalue weighted by molar-refractivity contribution is -0.171. The standard InChI is InChI=1S/C17H23ClN2O4/c1-2-3-19-15(23)20-13(21)9-24-14(22)16-5-11-4-12(6-16)8-17(18,7-11)10-16/h2,11-12H,1,3-10H2,(H2,19,20,21,23)/t11-,12+,16?,17?. The Labute approximate surface area is 146 Å². The zero-order valence-corrected chi connectivity index (χ0v) is 14.4. The Morgan fingerprint density at radius 2 is 1.88 bits per heavy atom. The highest BCUT2D eigenvalue weighted by Crippen LogP contribution is 2.64. The fourth-order valence-corrected chi connectivity index (χ4v) is 5.74. The van der Waals surface area contributed by atoms with Crippen molar-refractivity contribution in [3.8, 4) is 0 Å². The van der Waals surface area contributed by atoms with E-state index in [-0.39, 0.29) is 17.4 Å². The molecule has 6 nitrogen and oxygen atoms in total. The van der Waals surface area contributed by atoms with E-state index in [1.54, 1.807) is 0 Å². The fraction of sp³-hybridized carbons (Fsp3) is 0.706. The molecule has 0 spiro atoms. The van der Waals surface area contributed by atoms with E-state index in [4.69, 9.17) is 16.3 Å². The van der Waals surface area contributed by atoms with Crippen molar-refractivity contribution in [3.63, 3.8) is 0 Å². The van der Waals surface area contributed by atoms with E-state index in [2.05, 4.69) is 17.2 Å². The zero-order chi connectivity index (χ0) is 17.4. The number of alkyl halides is 1. The highest BCUT2D eigenvalue weighted by Gasteiger charge is 2.60. The predicted molar refractivity (Wildman–Crippen MR) is 88.4 cm³/mol. The predicted octanol–water partition coefficient (Wildman–Crippen LogP) is 2.12. The smallest absolute Gasteiger partial charge is 0.321 e. The lowest BCUT2D eigenvalue weighted by atomic mass is 9.49. The van der Waals surface area contributed by atoms with Gasteiger partial charge in [0.2, 0.25) is 0 Å². The van der Waals surface area contributed by atoms with Crippen LogP contribution in [0.25, 0.3) is 0 Å². The number of amides is 3. The van der Waals surface area contributed by atoms with Crippen molar-refractivity contribution < 1.29 is 19.1 Å². The van der Waals surface area contributed by atoms with Gasteiger partial charge in [0, 0.05) is 11.4 Å². The van der Waals surface area contributed by atoms with Crippen LogP contribution in [0, 0.1) is 17.3 Å². The zero-order valence-electron chi connectivity index (χ0n) is 13.6.